The summed E-state index contributed by atoms with van der Waals surface area (Å²) in [6, 6.07) is 7.42. The highest BCUT2D eigenvalue weighted by atomic mass is 32.2. The summed E-state index contributed by atoms with van der Waals surface area (Å²) < 4.78 is 29.2. The highest BCUT2D eigenvalue weighted by Gasteiger charge is 2.05. The van der Waals surface area contributed by atoms with Crippen LogP contribution in [-0.4, -0.2) is 24.7 Å². The minimum absolute atomic E-state index is 0.0737. The van der Waals surface area contributed by atoms with Crippen molar-refractivity contribution < 1.29 is 18.1 Å². The lowest BCUT2D eigenvalue weighted by Crippen LogP contribution is -1.96. The molecule has 0 heterocycles. The summed E-state index contributed by atoms with van der Waals surface area (Å²) in [6.07, 6.45) is 6.34. The lowest BCUT2D eigenvalue weighted by atomic mass is 10.4. The SMILES string of the molecule is NC=CC=CCO.O=S(=O)(O)c1ccccc1. The Bertz CT molecular complexity index is 452. The summed E-state index contributed by atoms with van der Waals surface area (Å²) in [4.78, 5) is -0.0741. The van der Waals surface area contributed by atoms with E-state index in [1.807, 2.05) is 0 Å². The van der Waals surface area contributed by atoms with Crippen molar-refractivity contribution in [2.45, 2.75) is 4.90 Å². The summed E-state index contributed by atoms with van der Waals surface area (Å²) in [7, 11) is -4.00. The van der Waals surface area contributed by atoms with Gasteiger partial charge in [-0.05, 0) is 24.4 Å². The van der Waals surface area contributed by atoms with E-state index in [-0.39, 0.29) is 11.5 Å². The molecule has 94 valence electrons. The molecule has 0 saturated carbocycles. The average Bonchev–Trinajstić information content (AvgIpc) is 2.31. The number of benzene rings is 1. The van der Waals surface area contributed by atoms with Crippen LogP contribution >= 0.6 is 0 Å². The molecule has 0 saturated heterocycles. The summed E-state index contributed by atoms with van der Waals surface area (Å²) >= 11 is 0. The number of nitrogens with two attached hydrogens (primary N) is 1. The van der Waals surface area contributed by atoms with Gasteiger partial charge in [0.2, 0.25) is 0 Å². The molecule has 0 unspecified atom stereocenters. The maximum absolute atomic E-state index is 10.4. The van der Waals surface area contributed by atoms with E-state index in [4.69, 9.17) is 15.4 Å². The predicted octanol–water partition coefficient (Wildman–Crippen LogP) is 0.941. The van der Waals surface area contributed by atoms with Gasteiger partial charge in [-0.3, -0.25) is 4.55 Å². The Labute approximate surface area is 101 Å². The second-order valence-electron chi connectivity index (χ2n) is 2.78. The van der Waals surface area contributed by atoms with Gasteiger partial charge < -0.3 is 10.8 Å². The molecule has 0 aliphatic heterocycles. The minimum atomic E-state index is -4.00. The van der Waals surface area contributed by atoms with Crippen LogP contribution < -0.4 is 5.73 Å². The maximum Gasteiger partial charge on any atom is 0.294 e. The van der Waals surface area contributed by atoms with Crippen LogP contribution in [0.1, 0.15) is 0 Å². The Hall–Kier alpha value is -1.63. The number of aliphatic hydroxyl groups excluding tert-OH is 1. The first-order chi connectivity index (χ1) is 8.02. The third kappa shape index (κ3) is 8.21. The van der Waals surface area contributed by atoms with Gasteiger partial charge >= 0.3 is 0 Å². The molecule has 0 radical (unpaired) electrons. The van der Waals surface area contributed by atoms with Gasteiger partial charge in [-0.1, -0.05) is 30.4 Å². The lowest BCUT2D eigenvalue weighted by molar-refractivity contribution is 0.343. The number of hydrogen-bond acceptors (Lipinski definition) is 4. The third-order valence-corrected chi connectivity index (χ3v) is 2.37. The smallest absolute Gasteiger partial charge is 0.294 e. The highest BCUT2D eigenvalue weighted by Crippen LogP contribution is 2.05. The molecule has 0 bridgehead atoms. The Kier molecular flexibility index (Phi) is 7.70. The van der Waals surface area contributed by atoms with Crippen LogP contribution in [0.25, 0.3) is 0 Å². The van der Waals surface area contributed by atoms with Crippen molar-refractivity contribution >= 4 is 10.1 Å². The van der Waals surface area contributed by atoms with E-state index in [0.717, 1.165) is 0 Å². The summed E-state index contributed by atoms with van der Waals surface area (Å²) in [6.45, 7) is 0.0737. The minimum Gasteiger partial charge on any atom is -0.405 e. The molecule has 0 amide bonds. The van der Waals surface area contributed by atoms with Crippen molar-refractivity contribution in [2.75, 3.05) is 6.61 Å². The van der Waals surface area contributed by atoms with Gasteiger partial charge in [0, 0.05) is 0 Å². The van der Waals surface area contributed by atoms with E-state index in [1.165, 1.54) is 18.3 Å². The van der Waals surface area contributed by atoms with Crippen LogP contribution in [0.15, 0.2) is 59.7 Å². The van der Waals surface area contributed by atoms with Crippen molar-refractivity contribution in [2.24, 2.45) is 5.73 Å². The zero-order valence-electron chi connectivity index (χ0n) is 9.10. The van der Waals surface area contributed by atoms with Crippen LogP contribution in [-0.2, 0) is 10.1 Å². The Morgan fingerprint density at radius 1 is 1.18 bits per heavy atom. The lowest BCUT2D eigenvalue weighted by Gasteiger charge is -1.92. The second kappa shape index (κ2) is 8.51. The molecule has 1 aromatic rings. The van der Waals surface area contributed by atoms with Crippen molar-refractivity contribution in [3.8, 4) is 0 Å². The molecule has 0 atom stereocenters. The first kappa shape index (κ1) is 15.4. The zero-order valence-corrected chi connectivity index (χ0v) is 9.92. The third-order valence-electron chi connectivity index (χ3n) is 1.50. The number of aliphatic hydroxyl groups is 1. The molecule has 17 heavy (non-hydrogen) atoms. The number of allylic oxidation sites excluding steroid dienone is 2. The molecular formula is C11H15NO4S. The van der Waals surface area contributed by atoms with Gasteiger partial charge in [-0.15, -0.1) is 0 Å². The molecule has 6 heteroatoms. The highest BCUT2D eigenvalue weighted by molar-refractivity contribution is 7.85. The molecule has 4 N–H and O–H groups in total. The molecule has 0 aromatic heterocycles. The van der Waals surface area contributed by atoms with Gasteiger partial charge in [0.25, 0.3) is 10.1 Å². The van der Waals surface area contributed by atoms with Gasteiger partial charge in [0.15, 0.2) is 0 Å². The molecular weight excluding hydrogens is 242 g/mol. The molecule has 5 nitrogen and oxygen atoms in total. The van der Waals surface area contributed by atoms with Crippen LogP contribution in [0.5, 0.6) is 0 Å². The zero-order chi connectivity index (χ0) is 13.1. The van der Waals surface area contributed by atoms with Crippen molar-refractivity contribution in [3.63, 3.8) is 0 Å². The fourth-order valence-corrected chi connectivity index (χ4v) is 1.30. The first-order valence-electron chi connectivity index (χ1n) is 4.69. The Balaban J connectivity index is 0.000000325. The van der Waals surface area contributed by atoms with E-state index in [0.29, 0.717) is 0 Å². The number of hydrogen-bond donors (Lipinski definition) is 3. The normalized spacial score (nSPS) is 11.4. The topological polar surface area (TPSA) is 101 Å². The Morgan fingerprint density at radius 2 is 1.76 bits per heavy atom. The van der Waals surface area contributed by atoms with Gasteiger partial charge in [0.1, 0.15) is 0 Å². The quantitative estimate of drug-likeness (QED) is 0.552. The molecule has 0 aliphatic rings. The van der Waals surface area contributed by atoms with E-state index in [9.17, 15) is 8.42 Å². The van der Waals surface area contributed by atoms with Crippen LogP contribution in [0.2, 0.25) is 0 Å². The maximum atomic E-state index is 10.4. The van der Waals surface area contributed by atoms with Crippen LogP contribution in [0, 0.1) is 0 Å². The summed E-state index contributed by atoms with van der Waals surface area (Å²) in [5.41, 5.74) is 4.96. The van der Waals surface area contributed by atoms with Crippen molar-refractivity contribution in [1.29, 1.82) is 0 Å². The second-order valence-corrected chi connectivity index (χ2v) is 4.21. The van der Waals surface area contributed by atoms with Gasteiger partial charge in [0.05, 0.1) is 11.5 Å². The number of rotatable bonds is 3. The molecule has 0 fully saturated rings. The van der Waals surface area contributed by atoms with E-state index >= 15 is 0 Å². The predicted molar refractivity (Wildman–Crippen MR) is 65.8 cm³/mol. The van der Waals surface area contributed by atoms with Crippen molar-refractivity contribution in [3.05, 3.63) is 54.8 Å². The fraction of sp³-hybridized carbons (Fsp3) is 0.0909. The van der Waals surface area contributed by atoms with Gasteiger partial charge in [-0.2, -0.15) is 8.42 Å². The van der Waals surface area contributed by atoms with E-state index in [1.54, 1.807) is 36.4 Å². The molecule has 1 rings (SSSR count). The molecule has 0 aliphatic carbocycles. The molecule has 0 spiro atoms. The van der Waals surface area contributed by atoms with E-state index < -0.39 is 10.1 Å². The summed E-state index contributed by atoms with van der Waals surface area (Å²) in [5.74, 6) is 0. The van der Waals surface area contributed by atoms with Crippen LogP contribution in [0.4, 0.5) is 0 Å². The average molecular weight is 257 g/mol. The van der Waals surface area contributed by atoms with E-state index in [2.05, 4.69) is 0 Å². The fourth-order valence-electron chi connectivity index (χ4n) is 0.796. The van der Waals surface area contributed by atoms with Gasteiger partial charge in [-0.25, -0.2) is 0 Å². The Morgan fingerprint density at radius 3 is 2.12 bits per heavy atom. The standard InChI is InChI=1S/C6H6O3S.C5H9NO/c7-10(8,9)6-4-2-1-3-5-6;6-4-2-1-3-5-7/h1-5H,(H,7,8,9);1-4,7H,5-6H2. The van der Waals surface area contributed by atoms with Crippen LogP contribution in [0.3, 0.4) is 0 Å². The first-order valence-corrected chi connectivity index (χ1v) is 6.13. The monoisotopic (exact) mass is 257 g/mol. The largest absolute Gasteiger partial charge is 0.405 e. The molecule has 1 aromatic carbocycles. The van der Waals surface area contributed by atoms with Crippen molar-refractivity contribution in [1.82, 2.24) is 0 Å². The summed E-state index contributed by atoms with van der Waals surface area (Å²) in [5, 5.41) is 8.13.